The second-order valence-electron chi connectivity index (χ2n) is 3.75. The highest BCUT2D eigenvalue weighted by atomic mass is 79.9. The summed E-state index contributed by atoms with van der Waals surface area (Å²) in [5.41, 5.74) is 0.401. The summed E-state index contributed by atoms with van der Waals surface area (Å²) in [5.74, 6) is 0.273. The lowest BCUT2D eigenvalue weighted by Gasteiger charge is -2.18. The van der Waals surface area contributed by atoms with Crippen LogP contribution in [-0.4, -0.2) is 31.0 Å². The van der Waals surface area contributed by atoms with Gasteiger partial charge in [0, 0.05) is 18.6 Å². The summed E-state index contributed by atoms with van der Waals surface area (Å²) >= 11 is 3.27. The second-order valence-corrected chi connectivity index (χ2v) is 4.66. The Labute approximate surface area is 109 Å². The van der Waals surface area contributed by atoms with Gasteiger partial charge in [-0.25, -0.2) is 0 Å². The highest BCUT2D eigenvalue weighted by Crippen LogP contribution is 2.23. The van der Waals surface area contributed by atoms with E-state index in [9.17, 15) is 4.79 Å². The van der Waals surface area contributed by atoms with Gasteiger partial charge in [0.25, 0.3) is 5.91 Å². The first-order chi connectivity index (χ1) is 7.95. The SMILES string of the molecule is CC(Oc1ccc(Br)cc1C#N)C(=O)N(C)C. The first kappa shape index (κ1) is 13.5. The molecular weight excluding hydrogens is 284 g/mol. The third-order valence-corrected chi connectivity index (χ3v) is 2.65. The number of ether oxygens (including phenoxy) is 1. The summed E-state index contributed by atoms with van der Waals surface area (Å²) in [6, 6.07) is 7.12. The Balaban J connectivity index is 2.89. The lowest BCUT2D eigenvalue weighted by molar-refractivity contribution is -0.135. The molecule has 0 aliphatic carbocycles. The Kier molecular flexibility index (Phi) is 4.53. The molecule has 0 radical (unpaired) electrons. The van der Waals surface area contributed by atoms with Crippen molar-refractivity contribution in [2.75, 3.05) is 14.1 Å². The number of carbonyl (C=O) groups excluding carboxylic acids is 1. The van der Waals surface area contributed by atoms with Gasteiger partial charge in [-0.2, -0.15) is 5.26 Å². The lowest BCUT2D eigenvalue weighted by Crippen LogP contribution is -2.35. The Bertz CT molecular complexity index is 466. The minimum Gasteiger partial charge on any atom is -0.480 e. The predicted molar refractivity (Wildman–Crippen MR) is 67.6 cm³/mol. The number of halogens is 1. The maximum Gasteiger partial charge on any atom is 0.262 e. The van der Waals surface area contributed by atoms with E-state index in [0.717, 1.165) is 4.47 Å². The van der Waals surface area contributed by atoms with Crippen LogP contribution in [0.1, 0.15) is 12.5 Å². The van der Waals surface area contributed by atoms with Crippen molar-refractivity contribution in [3.05, 3.63) is 28.2 Å². The number of benzene rings is 1. The summed E-state index contributed by atoms with van der Waals surface area (Å²) in [6.07, 6.45) is -0.613. The van der Waals surface area contributed by atoms with Crippen LogP contribution >= 0.6 is 15.9 Å². The largest absolute Gasteiger partial charge is 0.480 e. The van der Waals surface area contributed by atoms with Crippen LogP contribution in [-0.2, 0) is 4.79 Å². The predicted octanol–water partition coefficient (Wildman–Crippen LogP) is 2.18. The van der Waals surface area contributed by atoms with Crippen LogP contribution in [0.4, 0.5) is 0 Å². The highest BCUT2D eigenvalue weighted by Gasteiger charge is 2.17. The van der Waals surface area contributed by atoms with Gasteiger partial charge < -0.3 is 9.64 Å². The molecule has 1 amide bonds. The molecule has 1 atom stereocenters. The van der Waals surface area contributed by atoms with Crippen LogP contribution < -0.4 is 4.74 Å². The van der Waals surface area contributed by atoms with E-state index in [2.05, 4.69) is 15.9 Å². The fraction of sp³-hybridized carbons (Fsp3) is 0.333. The molecule has 0 aliphatic heterocycles. The van der Waals surface area contributed by atoms with Gasteiger partial charge in [-0.3, -0.25) is 4.79 Å². The molecule has 1 aromatic carbocycles. The molecule has 0 aromatic heterocycles. The Morgan fingerprint density at radius 2 is 2.18 bits per heavy atom. The average Bonchev–Trinajstić information content (AvgIpc) is 2.30. The summed E-state index contributed by atoms with van der Waals surface area (Å²) in [4.78, 5) is 13.1. The van der Waals surface area contributed by atoms with Crippen molar-refractivity contribution in [2.45, 2.75) is 13.0 Å². The van der Waals surface area contributed by atoms with E-state index in [1.54, 1.807) is 39.2 Å². The Morgan fingerprint density at radius 1 is 1.53 bits per heavy atom. The highest BCUT2D eigenvalue weighted by molar-refractivity contribution is 9.10. The maximum atomic E-state index is 11.6. The zero-order chi connectivity index (χ0) is 13.0. The molecule has 0 N–H and O–H groups in total. The molecule has 0 spiro atoms. The van der Waals surface area contributed by atoms with E-state index in [4.69, 9.17) is 10.00 Å². The molecule has 0 aliphatic rings. The smallest absolute Gasteiger partial charge is 0.262 e. The molecule has 0 saturated heterocycles. The van der Waals surface area contributed by atoms with E-state index in [-0.39, 0.29) is 5.91 Å². The van der Waals surface area contributed by atoms with Crippen LogP contribution in [0, 0.1) is 11.3 Å². The van der Waals surface area contributed by atoms with E-state index in [1.165, 1.54) is 4.90 Å². The number of nitriles is 1. The first-order valence-electron chi connectivity index (χ1n) is 5.03. The molecule has 5 heteroatoms. The number of hydrogen-bond donors (Lipinski definition) is 0. The van der Waals surface area contributed by atoms with Crippen LogP contribution in [0.25, 0.3) is 0 Å². The normalized spacial score (nSPS) is 11.5. The standard InChI is InChI=1S/C12H13BrN2O2/c1-8(12(16)15(2)3)17-11-5-4-10(13)6-9(11)7-14/h4-6,8H,1-3H3. The van der Waals surface area contributed by atoms with Crippen molar-refractivity contribution in [1.82, 2.24) is 4.90 Å². The van der Waals surface area contributed by atoms with E-state index in [1.807, 2.05) is 6.07 Å². The van der Waals surface area contributed by atoms with Crippen molar-refractivity contribution < 1.29 is 9.53 Å². The molecule has 0 bridgehead atoms. The van der Waals surface area contributed by atoms with Crippen LogP contribution in [0.2, 0.25) is 0 Å². The zero-order valence-corrected chi connectivity index (χ0v) is 11.5. The zero-order valence-electron chi connectivity index (χ0n) is 9.90. The summed E-state index contributed by atoms with van der Waals surface area (Å²) in [7, 11) is 3.32. The van der Waals surface area contributed by atoms with Gasteiger partial charge in [0.15, 0.2) is 6.10 Å². The number of nitrogens with zero attached hydrogens (tertiary/aromatic N) is 2. The van der Waals surface area contributed by atoms with Crippen molar-refractivity contribution in [2.24, 2.45) is 0 Å². The van der Waals surface area contributed by atoms with Crippen LogP contribution in [0.15, 0.2) is 22.7 Å². The fourth-order valence-corrected chi connectivity index (χ4v) is 1.66. The Hall–Kier alpha value is -1.54. The monoisotopic (exact) mass is 296 g/mol. The molecule has 0 fully saturated rings. The molecule has 90 valence electrons. The molecule has 1 rings (SSSR count). The molecule has 1 aromatic rings. The van der Waals surface area contributed by atoms with Crippen LogP contribution in [0.3, 0.4) is 0 Å². The van der Waals surface area contributed by atoms with Crippen molar-refractivity contribution in [3.63, 3.8) is 0 Å². The maximum absolute atomic E-state index is 11.6. The average molecular weight is 297 g/mol. The minimum atomic E-state index is -0.613. The first-order valence-corrected chi connectivity index (χ1v) is 5.82. The Morgan fingerprint density at radius 3 is 2.71 bits per heavy atom. The van der Waals surface area contributed by atoms with Gasteiger partial charge in [0.1, 0.15) is 11.8 Å². The topological polar surface area (TPSA) is 53.3 Å². The number of amides is 1. The molecule has 4 nitrogen and oxygen atoms in total. The lowest BCUT2D eigenvalue weighted by atomic mass is 10.2. The number of likely N-dealkylation sites (N-methyl/N-ethyl adjacent to an activating group) is 1. The van der Waals surface area contributed by atoms with Gasteiger partial charge in [0.05, 0.1) is 5.56 Å². The van der Waals surface area contributed by atoms with Crippen LogP contribution in [0.5, 0.6) is 5.75 Å². The van der Waals surface area contributed by atoms with Gasteiger partial charge in [-0.05, 0) is 25.1 Å². The molecule has 17 heavy (non-hydrogen) atoms. The molecule has 1 unspecified atom stereocenters. The summed E-state index contributed by atoms with van der Waals surface area (Å²) in [5, 5.41) is 8.96. The summed E-state index contributed by atoms with van der Waals surface area (Å²) < 4.78 is 6.28. The number of carbonyl (C=O) groups is 1. The quantitative estimate of drug-likeness (QED) is 0.859. The van der Waals surface area contributed by atoms with E-state index < -0.39 is 6.10 Å². The van der Waals surface area contributed by atoms with Crippen molar-refractivity contribution in [3.8, 4) is 11.8 Å². The van der Waals surface area contributed by atoms with E-state index in [0.29, 0.717) is 11.3 Å². The third kappa shape index (κ3) is 3.46. The second kappa shape index (κ2) is 5.69. The van der Waals surface area contributed by atoms with Crippen molar-refractivity contribution >= 4 is 21.8 Å². The van der Waals surface area contributed by atoms with Gasteiger partial charge >= 0.3 is 0 Å². The molecule has 0 saturated carbocycles. The number of rotatable bonds is 3. The van der Waals surface area contributed by atoms with Gasteiger partial charge in [-0.1, -0.05) is 15.9 Å². The minimum absolute atomic E-state index is 0.142. The third-order valence-electron chi connectivity index (χ3n) is 2.15. The molecule has 0 heterocycles. The summed E-state index contributed by atoms with van der Waals surface area (Å²) in [6.45, 7) is 1.66. The van der Waals surface area contributed by atoms with Gasteiger partial charge in [-0.15, -0.1) is 0 Å². The van der Waals surface area contributed by atoms with Crippen molar-refractivity contribution in [1.29, 1.82) is 5.26 Å². The number of hydrogen-bond acceptors (Lipinski definition) is 3. The molecular formula is C12H13BrN2O2. The fourth-order valence-electron chi connectivity index (χ4n) is 1.30. The van der Waals surface area contributed by atoms with Gasteiger partial charge in [0.2, 0.25) is 0 Å². The van der Waals surface area contributed by atoms with E-state index >= 15 is 0 Å².